The zero-order valence-electron chi connectivity index (χ0n) is 14.3. The molecule has 0 aliphatic rings. The maximum atomic E-state index is 11.9. The van der Waals surface area contributed by atoms with Crippen molar-refractivity contribution in [2.45, 2.75) is 12.3 Å². The molecule has 5 N–H and O–H groups in total. The van der Waals surface area contributed by atoms with E-state index >= 15 is 0 Å². The molecule has 0 saturated carbocycles. The van der Waals surface area contributed by atoms with Crippen molar-refractivity contribution in [1.82, 2.24) is 15.4 Å². The summed E-state index contributed by atoms with van der Waals surface area (Å²) in [6.45, 7) is 2.84. The van der Waals surface area contributed by atoms with E-state index < -0.39 is 18.9 Å². The van der Waals surface area contributed by atoms with Gasteiger partial charge in [0.15, 0.2) is 0 Å². The molecule has 0 aliphatic heterocycles. The van der Waals surface area contributed by atoms with Gasteiger partial charge in [-0.2, -0.15) is 0 Å². The molecule has 9 heteroatoms. The van der Waals surface area contributed by atoms with Gasteiger partial charge in [-0.3, -0.25) is 10.0 Å². The minimum atomic E-state index is -2.64. The van der Waals surface area contributed by atoms with E-state index in [1.165, 1.54) is 13.3 Å². The highest BCUT2D eigenvalue weighted by atomic mass is 31.2. The molecule has 0 aliphatic carbocycles. The number of rotatable bonds is 8. The average molecular weight is 369 g/mol. The predicted molar refractivity (Wildman–Crippen MR) is 95.5 cm³/mol. The molecule has 8 nitrogen and oxygen atoms in total. The van der Waals surface area contributed by atoms with Crippen LogP contribution in [0.4, 0.5) is 0 Å². The lowest BCUT2D eigenvalue weighted by Crippen LogP contribution is -2.39. The summed E-state index contributed by atoms with van der Waals surface area (Å²) in [6.07, 6.45) is 2.10. The molecule has 0 radical (unpaired) electrons. The minimum Gasteiger partial charge on any atom is -0.507 e. The number of hydrogen-bond acceptors (Lipinski definition) is 6. The van der Waals surface area contributed by atoms with Crippen LogP contribution < -0.4 is 5.32 Å². The number of carbonyl (C=O) groups is 1. The third-order valence-corrected chi connectivity index (χ3v) is 5.59. The van der Waals surface area contributed by atoms with Gasteiger partial charge in [0.1, 0.15) is 18.7 Å². The van der Waals surface area contributed by atoms with E-state index in [-0.39, 0.29) is 25.4 Å². The van der Waals surface area contributed by atoms with E-state index in [0.29, 0.717) is 16.9 Å². The Kier molecular flexibility index (Phi) is 6.24. The van der Waals surface area contributed by atoms with Gasteiger partial charge in [-0.15, -0.1) is 0 Å². The van der Waals surface area contributed by atoms with Crippen LogP contribution in [0.25, 0.3) is 10.9 Å². The lowest BCUT2D eigenvalue weighted by molar-refractivity contribution is -0.164. The normalized spacial score (nSPS) is 13.1. The fourth-order valence-corrected chi connectivity index (χ4v) is 2.97. The van der Waals surface area contributed by atoms with Crippen molar-refractivity contribution in [3.63, 3.8) is 0 Å². The molecule has 2 rings (SSSR count). The zero-order chi connectivity index (χ0) is 18.6. The molecule has 0 spiro atoms. The number of fused-ring (bicyclic) bond motifs is 1. The van der Waals surface area contributed by atoms with Gasteiger partial charge < -0.3 is 25.1 Å². The van der Waals surface area contributed by atoms with E-state index in [4.69, 9.17) is 0 Å². The van der Waals surface area contributed by atoms with Crippen LogP contribution in [0.1, 0.15) is 5.56 Å². The van der Waals surface area contributed by atoms with Gasteiger partial charge in [0.05, 0.1) is 13.1 Å². The number of nitrogens with zero attached hydrogens (tertiary/aromatic N) is 1. The Labute approximate surface area is 145 Å². The van der Waals surface area contributed by atoms with E-state index in [2.05, 4.69) is 10.3 Å². The number of hydroxylamine groups is 2. The van der Waals surface area contributed by atoms with Crippen molar-refractivity contribution in [2.24, 2.45) is 0 Å². The number of benzene rings is 1. The largest absolute Gasteiger partial charge is 0.507 e. The topological polar surface area (TPSA) is 126 Å². The van der Waals surface area contributed by atoms with Crippen LogP contribution in [0, 0.1) is 0 Å². The summed E-state index contributed by atoms with van der Waals surface area (Å²) in [6, 6.07) is 5.14. The zero-order valence-corrected chi connectivity index (χ0v) is 15.2. The third kappa shape index (κ3) is 5.06. The SMILES string of the molecule is CP(C)(=O)C(O)CNCC(=O)N(O)CCc1c[nH]c2cccc(O)c12. The van der Waals surface area contributed by atoms with Gasteiger partial charge in [-0.05, 0) is 37.4 Å². The second-order valence-electron chi connectivity index (χ2n) is 6.33. The lowest BCUT2D eigenvalue weighted by Gasteiger charge is -2.18. The number of hydrogen-bond donors (Lipinski definition) is 5. The van der Waals surface area contributed by atoms with Crippen LogP contribution in [-0.2, 0) is 15.8 Å². The Balaban J connectivity index is 1.84. The van der Waals surface area contributed by atoms with Gasteiger partial charge >= 0.3 is 0 Å². The Hall–Kier alpha value is -1.86. The van der Waals surface area contributed by atoms with Crippen LogP contribution in [0.3, 0.4) is 0 Å². The summed E-state index contributed by atoms with van der Waals surface area (Å²) in [5.74, 6) is -1.44. The van der Waals surface area contributed by atoms with Crippen molar-refractivity contribution in [2.75, 3.05) is 33.0 Å². The number of aliphatic hydroxyl groups excluding tert-OH is 1. The van der Waals surface area contributed by atoms with E-state index in [0.717, 1.165) is 11.1 Å². The quantitative estimate of drug-likeness (QED) is 0.270. The first-order chi connectivity index (χ1) is 11.7. The highest BCUT2D eigenvalue weighted by Gasteiger charge is 2.20. The summed E-state index contributed by atoms with van der Waals surface area (Å²) in [4.78, 5) is 14.9. The molecule has 2 aromatic rings. The Morgan fingerprint density at radius 2 is 2.12 bits per heavy atom. The first kappa shape index (κ1) is 19.5. The van der Waals surface area contributed by atoms with Gasteiger partial charge in [0.2, 0.25) is 0 Å². The van der Waals surface area contributed by atoms with Crippen LogP contribution in [0.5, 0.6) is 5.75 Å². The number of amides is 1. The van der Waals surface area contributed by atoms with Crippen molar-refractivity contribution in [3.8, 4) is 5.75 Å². The van der Waals surface area contributed by atoms with Crippen molar-refractivity contribution >= 4 is 24.0 Å². The molecule has 0 saturated heterocycles. The van der Waals surface area contributed by atoms with Gasteiger partial charge in [0, 0.05) is 23.6 Å². The molecule has 138 valence electrons. The molecule has 0 fully saturated rings. The van der Waals surface area contributed by atoms with Gasteiger partial charge in [-0.1, -0.05) is 6.07 Å². The number of nitrogens with one attached hydrogen (secondary N) is 2. The fourth-order valence-electron chi connectivity index (χ4n) is 2.40. The number of phenols is 1. The first-order valence-corrected chi connectivity index (χ1v) is 10.6. The number of H-pyrrole nitrogens is 1. The van der Waals surface area contributed by atoms with Crippen LogP contribution in [-0.4, -0.2) is 70.2 Å². The maximum absolute atomic E-state index is 11.9. The van der Waals surface area contributed by atoms with E-state index in [9.17, 15) is 24.8 Å². The average Bonchev–Trinajstić information content (AvgIpc) is 2.96. The molecular formula is C16H24N3O5P. The summed E-state index contributed by atoms with van der Waals surface area (Å²) in [5, 5.41) is 33.4. The highest BCUT2D eigenvalue weighted by molar-refractivity contribution is 7.62. The second-order valence-corrected chi connectivity index (χ2v) is 9.79. The number of aromatic amines is 1. The highest BCUT2D eigenvalue weighted by Crippen LogP contribution is 2.40. The standard InChI is InChI=1S/C16H24N3O5P/c1-25(2,24)15(22)10-17-9-14(21)19(23)7-6-11-8-18-12-4-3-5-13(20)16(11)12/h3-5,8,15,17-18,20,22-23H,6-7,9-10H2,1-2H3. The maximum Gasteiger partial charge on any atom is 0.259 e. The number of phenolic OH excluding ortho intramolecular Hbond substituents is 1. The molecule has 1 aromatic heterocycles. The number of aliphatic hydroxyl groups is 1. The Bertz CT molecular complexity index is 785. The molecule has 0 bridgehead atoms. The smallest absolute Gasteiger partial charge is 0.259 e. The van der Waals surface area contributed by atoms with Crippen molar-refractivity contribution < 1.29 is 24.8 Å². The fraction of sp³-hybridized carbons (Fsp3) is 0.438. The van der Waals surface area contributed by atoms with Crippen LogP contribution in [0.15, 0.2) is 24.4 Å². The second kappa shape index (κ2) is 8.01. The van der Waals surface area contributed by atoms with E-state index in [1.54, 1.807) is 18.3 Å². The predicted octanol–water partition coefficient (Wildman–Crippen LogP) is 1.16. The summed E-state index contributed by atoms with van der Waals surface area (Å²) < 4.78 is 11.6. The molecule has 25 heavy (non-hydrogen) atoms. The lowest BCUT2D eigenvalue weighted by atomic mass is 10.1. The Morgan fingerprint density at radius 3 is 2.80 bits per heavy atom. The molecule has 1 unspecified atom stereocenters. The molecule has 1 heterocycles. The summed E-state index contributed by atoms with van der Waals surface area (Å²) in [7, 11) is -2.64. The third-order valence-electron chi connectivity index (χ3n) is 3.97. The monoisotopic (exact) mass is 369 g/mol. The van der Waals surface area contributed by atoms with E-state index in [1.807, 2.05) is 6.07 Å². The Morgan fingerprint density at radius 1 is 1.40 bits per heavy atom. The first-order valence-electron chi connectivity index (χ1n) is 7.90. The molecule has 1 aromatic carbocycles. The van der Waals surface area contributed by atoms with Gasteiger partial charge in [-0.25, -0.2) is 5.06 Å². The number of aromatic nitrogens is 1. The van der Waals surface area contributed by atoms with Gasteiger partial charge in [0.25, 0.3) is 5.91 Å². The summed E-state index contributed by atoms with van der Waals surface area (Å²) in [5.41, 5.74) is 1.58. The van der Waals surface area contributed by atoms with Crippen LogP contribution >= 0.6 is 7.14 Å². The number of aromatic hydroxyl groups is 1. The minimum absolute atomic E-state index is 0.0141. The van der Waals surface area contributed by atoms with Crippen molar-refractivity contribution in [3.05, 3.63) is 30.0 Å². The number of carbonyl (C=O) groups excluding carboxylic acids is 1. The summed E-state index contributed by atoms with van der Waals surface area (Å²) >= 11 is 0. The van der Waals surface area contributed by atoms with Crippen LogP contribution in [0.2, 0.25) is 0 Å². The molecular weight excluding hydrogens is 345 g/mol. The molecule has 1 atom stereocenters. The van der Waals surface area contributed by atoms with Crippen molar-refractivity contribution in [1.29, 1.82) is 0 Å². The molecule has 1 amide bonds.